The Morgan fingerprint density at radius 3 is 3.14 bits per heavy atom. The van der Waals surface area contributed by atoms with Gasteiger partial charge in [-0.2, -0.15) is 0 Å². The molecule has 0 saturated carbocycles. The van der Waals surface area contributed by atoms with Crippen LogP contribution in [0.4, 0.5) is 0 Å². The minimum absolute atomic E-state index is 0.0660. The maximum atomic E-state index is 12.1. The lowest BCUT2D eigenvalue weighted by molar-refractivity contribution is 0.0955. The van der Waals surface area contributed by atoms with Gasteiger partial charge in [0.15, 0.2) is 0 Å². The van der Waals surface area contributed by atoms with Gasteiger partial charge in [0.05, 0.1) is 11.5 Å². The number of unbranched alkanes of at least 4 members (excludes halogenated alkanes) is 1. The number of nitrogens with one attached hydrogen (secondary N) is 1. The van der Waals surface area contributed by atoms with Crippen molar-refractivity contribution in [3.05, 3.63) is 21.9 Å². The van der Waals surface area contributed by atoms with Gasteiger partial charge in [0.1, 0.15) is 0 Å². The topological polar surface area (TPSA) is 52.6 Å². The molecule has 1 aliphatic rings. The van der Waals surface area contributed by atoms with Crippen LogP contribution in [-0.2, 0) is 6.42 Å². The van der Waals surface area contributed by atoms with Crippen LogP contribution in [0.25, 0.3) is 0 Å². The van der Waals surface area contributed by atoms with Crippen molar-refractivity contribution < 1.29 is 9.90 Å². The Morgan fingerprint density at radius 1 is 1.52 bits per heavy atom. The van der Waals surface area contributed by atoms with Gasteiger partial charge in [-0.3, -0.25) is 9.69 Å². The Balaban J connectivity index is 1.62. The number of rotatable bonds is 8. The van der Waals surface area contributed by atoms with Crippen molar-refractivity contribution in [2.45, 2.75) is 45.1 Å². The van der Waals surface area contributed by atoms with Crippen LogP contribution < -0.4 is 5.32 Å². The van der Waals surface area contributed by atoms with E-state index in [4.69, 9.17) is 0 Å². The summed E-state index contributed by atoms with van der Waals surface area (Å²) in [7, 11) is 0. The summed E-state index contributed by atoms with van der Waals surface area (Å²) in [6.45, 7) is 5.21. The fraction of sp³-hybridized carbons (Fsp3) is 0.688. The van der Waals surface area contributed by atoms with Gasteiger partial charge >= 0.3 is 0 Å². The number of hydrogen-bond acceptors (Lipinski definition) is 4. The van der Waals surface area contributed by atoms with Crippen molar-refractivity contribution in [3.63, 3.8) is 0 Å². The molecular formula is C16H26N2O2S. The third kappa shape index (κ3) is 4.53. The molecule has 1 aromatic heterocycles. The van der Waals surface area contributed by atoms with E-state index < -0.39 is 0 Å². The first-order valence-corrected chi connectivity index (χ1v) is 8.83. The Kier molecular flexibility index (Phi) is 6.67. The van der Waals surface area contributed by atoms with Crippen molar-refractivity contribution in [2.24, 2.45) is 0 Å². The number of carbonyl (C=O) groups is 1. The summed E-state index contributed by atoms with van der Waals surface area (Å²) in [5, 5.41) is 14.3. The highest BCUT2D eigenvalue weighted by Gasteiger charge is 2.22. The molecule has 2 rings (SSSR count). The molecule has 1 aliphatic heterocycles. The van der Waals surface area contributed by atoms with Crippen LogP contribution in [0.1, 0.15) is 47.8 Å². The lowest BCUT2D eigenvalue weighted by Gasteiger charge is -2.22. The third-order valence-corrected chi connectivity index (χ3v) is 5.16. The normalized spacial score (nSPS) is 19.0. The number of thiophene rings is 1. The zero-order valence-corrected chi connectivity index (χ0v) is 13.6. The number of amides is 1. The lowest BCUT2D eigenvalue weighted by Crippen LogP contribution is -2.33. The predicted molar refractivity (Wildman–Crippen MR) is 86.9 cm³/mol. The number of carbonyl (C=O) groups excluding carboxylic acids is 1. The highest BCUT2D eigenvalue weighted by atomic mass is 32.1. The van der Waals surface area contributed by atoms with E-state index in [0.717, 1.165) is 55.8 Å². The van der Waals surface area contributed by atoms with Crippen LogP contribution in [0.15, 0.2) is 11.4 Å². The maximum absolute atomic E-state index is 12.1. The summed E-state index contributed by atoms with van der Waals surface area (Å²) in [5.74, 6) is 0.0660. The van der Waals surface area contributed by atoms with E-state index in [2.05, 4.69) is 17.1 Å². The van der Waals surface area contributed by atoms with E-state index in [1.807, 2.05) is 11.4 Å². The highest BCUT2D eigenvalue weighted by molar-refractivity contribution is 7.12. The molecule has 0 aliphatic carbocycles. The summed E-state index contributed by atoms with van der Waals surface area (Å²) < 4.78 is 0. The van der Waals surface area contributed by atoms with Crippen molar-refractivity contribution in [2.75, 3.05) is 26.2 Å². The minimum Gasteiger partial charge on any atom is -0.395 e. The molecule has 1 atom stereocenters. The lowest BCUT2D eigenvalue weighted by atomic mass is 10.2. The Labute approximate surface area is 131 Å². The highest BCUT2D eigenvalue weighted by Crippen LogP contribution is 2.18. The van der Waals surface area contributed by atoms with Crippen molar-refractivity contribution >= 4 is 17.2 Å². The fourth-order valence-corrected chi connectivity index (χ4v) is 3.84. The van der Waals surface area contributed by atoms with E-state index in [1.54, 1.807) is 0 Å². The molecule has 0 bridgehead atoms. The second-order valence-corrected chi connectivity index (χ2v) is 6.52. The second-order valence-electron chi connectivity index (χ2n) is 5.61. The number of likely N-dealkylation sites (tertiary alicyclic amines) is 1. The van der Waals surface area contributed by atoms with E-state index in [-0.39, 0.29) is 12.5 Å². The zero-order valence-electron chi connectivity index (χ0n) is 12.8. The van der Waals surface area contributed by atoms with Gasteiger partial charge in [-0.05, 0) is 62.2 Å². The maximum Gasteiger partial charge on any atom is 0.261 e. The fourth-order valence-electron chi connectivity index (χ4n) is 2.93. The average molecular weight is 310 g/mol. The van der Waals surface area contributed by atoms with Crippen molar-refractivity contribution in [1.82, 2.24) is 10.2 Å². The van der Waals surface area contributed by atoms with Crippen LogP contribution in [0, 0.1) is 0 Å². The van der Waals surface area contributed by atoms with Crippen molar-refractivity contribution in [3.8, 4) is 0 Å². The largest absolute Gasteiger partial charge is 0.395 e. The van der Waals surface area contributed by atoms with E-state index in [0.29, 0.717) is 6.04 Å². The summed E-state index contributed by atoms with van der Waals surface area (Å²) in [6, 6.07) is 2.39. The summed E-state index contributed by atoms with van der Waals surface area (Å²) in [6.07, 6.45) is 5.28. The molecule has 5 heteroatoms. The van der Waals surface area contributed by atoms with Gasteiger partial charge in [0.2, 0.25) is 0 Å². The molecule has 118 valence electrons. The number of aryl methyl sites for hydroxylation is 1. The molecule has 1 unspecified atom stereocenters. The molecule has 0 aromatic carbocycles. The first kappa shape index (κ1) is 16.5. The number of hydrogen-bond donors (Lipinski definition) is 2. The predicted octanol–water partition coefficient (Wildman–Crippen LogP) is 2.28. The first-order chi connectivity index (χ1) is 10.3. The Morgan fingerprint density at radius 2 is 2.38 bits per heavy atom. The molecule has 0 radical (unpaired) electrons. The smallest absolute Gasteiger partial charge is 0.261 e. The van der Waals surface area contributed by atoms with Crippen LogP contribution in [0.3, 0.4) is 0 Å². The minimum atomic E-state index is 0.0660. The molecular weight excluding hydrogens is 284 g/mol. The van der Waals surface area contributed by atoms with Crippen LogP contribution in [-0.4, -0.2) is 48.2 Å². The van der Waals surface area contributed by atoms with Crippen LogP contribution >= 0.6 is 11.3 Å². The van der Waals surface area contributed by atoms with Crippen LogP contribution in [0.2, 0.25) is 0 Å². The zero-order chi connectivity index (χ0) is 15.1. The monoisotopic (exact) mass is 310 g/mol. The number of aliphatic hydroxyl groups excluding tert-OH is 1. The van der Waals surface area contributed by atoms with Crippen LogP contribution in [0.5, 0.6) is 0 Å². The third-order valence-electron chi connectivity index (χ3n) is 4.20. The molecule has 0 spiro atoms. The summed E-state index contributed by atoms with van der Waals surface area (Å²) >= 11 is 1.52. The van der Waals surface area contributed by atoms with E-state index in [9.17, 15) is 9.90 Å². The molecule has 2 heterocycles. The molecule has 1 amide bonds. The molecule has 21 heavy (non-hydrogen) atoms. The van der Waals surface area contributed by atoms with Gasteiger partial charge in [-0.15, -0.1) is 11.3 Å². The quantitative estimate of drug-likeness (QED) is 0.724. The van der Waals surface area contributed by atoms with Gasteiger partial charge in [-0.1, -0.05) is 6.92 Å². The second kappa shape index (κ2) is 8.51. The number of aliphatic hydroxyl groups is 1. The number of nitrogens with zero attached hydrogens (tertiary/aromatic N) is 1. The van der Waals surface area contributed by atoms with Crippen molar-refractivity contribution in [1.29, 1.82) is 0 Å². The standard InChI is InChI=1S/C16H26N2O2S/c1-2-13-7-11-21-15(13)16(20)17-8-3-4-9-18-10-5-6-14(18)12-19/h7,11,14,19H,2-6,8-10,12H2,1H3,(H,17,20). The van der Waals surface area contributed by atoms with Gasteiger partial charge < -0.3 is 10.4 Å². The van der Waals surface area contributed by atoms with Gasteiger partial charge in [0.25, 0.3) is 5.91 Å². The Hall–Kier alpha value is -0.910. The van der Waals surface area contributed by atoms with E-state index in [1.165, 1.54) is 17.8 Å². The SMILES string of the molecule is CCc1ccsc1C(=O)NCCCCN1CCCC1CO. The average Bonchev–Trinajstić information content (AvgIpc) is 3.14. The molecule has 4 nitrogen and oxygen atoms in total. The molecule has 2 N–H and O–H groups in total. The van der Waals surface area contributed by atoms with E-state index >= 15 is 0 Å². The van der Waals surface area contributed by atoms with Gasteiger partial charge in [0, 0.05) is 12.6 Å². The molecule has 1 fully saturated rings. The Bertz CT molecular complexity index is 447. The summed E-state index contributed by atoms with van der Waals surface area (Å²) in [4.78, 5) is 15.3. The molecule has 1 aromatic rings. The van der Waals surface area contributed by atoms with Gasteiger partial charge in [-0.25, -0.2) is 0 Å². The first-order valence-electron chi connectivity index (χ1n) is 7.95. The summed E-state index contributed by atoms with van der Waals surface area (Å²) in [5.41, 5.74) is 1.14. The molecule has 1 saturated heterocycles.